The molecule has 0 saturated heterocycles. The molecule has 2 heterocycles. The van der Waals surface area contributed by atoms with Gasteiger partial charge in [-0.1, -0.05) is 12.1 Å². The molecule has 0 atom stereocenters. The third-order valence-corrected chi connectivity index (χ3v) is 5.61. The predicted molar refractivity (Wildman–Crippen MR) is 116 cm³/mol. The van der Waals surface area contributed by atoms with Crippen LogP contribution in [0.5, 0.6) is 5.75 Å². The number of amides is 3. The molecule has 1 fully saturated rings. The number of carbonyl (C=O) groups excluding carboxylic acids is 2. The summed E-state index contributed by atoms with van der Waals surface area (Å²) in [6.45, 7) is 0.448. The number of nitrogens with one attached hydrogen (secondary N) is 3. The zero-order valence-corrected chi connectivity index (χ0v) is 17.4. The fourth-order valence-electron chi connectivity index (χ4n) is 3.80. The van der Waals surface area contributed by atoms with Gasteiger partial charge in [-0.05, 0) is 49.4 Å². The molecule has 0 bridgehead atoms. The van der Waals surface area contributed by atoms with Gasteiger partial charge in [-0.15, -0.1) is 10.2 Å². The average Bonchev–Trinajstić information content (AvgIpc) is 3.26. The first kappa shape index (κ1) is 20.6. The van der Waals surface area contributed by atoms with E-state index in [1.165, 1.54) is 0 Å². The molecular weight excluding hydrogens is 396 g/mol. The normalized spacial score (nSPS) is 18.4. The first-order chi connectivity index (χ1) is 15.1. The topological polar surface area (TPSA) is 110 Å². The minimum Gasteiger partial charge on any atom is -0.497 e. The molecule has 4 rings (SSSR count). The van der Waals surface area contributed by atoms with Gasteiger partial charge >= 0.3 is 6.03 Å². The van der Waals surface area contributed by atoms with Crippen molar-refractivity contribution < 1.29 is 14.3 Å². The largest absolute Gasteiger partial charge is 0.497 e. The van der Waals surface area contributed by atoms with Gasteiger partial charge in [-0.3, -0.25) is 9.20 Å². The van der Waals surface area contributed by atoms with Crippen molar-refractivity contribution in [2.24, 2.45) is 5.92 Å². The van der Waals surface area contributed by atoms with Crippen LogP contribution in [0, 0.1) is 5.92 Å². The Hall–Kier alpha value is -3.62. The summed E-state index contributed by atoms with van der Waals surface area (Å²) in [6.07, 6.45) is 6.46. The number of aromatic nitrogens is 3. The maximum absolute atomic E-state index is 12.6. The quantitative estimate of drug-likeness (QED) is 0.566. The highest BCUT2D eigenvalue weighted by atomic mass is 16.5. The Labute approximate surface area is 180 Å². The minimum absolute atomic E-state index is 0.00581. The van der Waals surface area contributed by atoms with E-state index >= 15 is 0 Å². The van der Waals surface area contributed by atoms with Crippen LogP contribution in [0.1, 0.15) is 31.2 Å². The highest BCUT2D eigenvalue weighted by Gasteiger charge is 2.27. The molecule has 0 aliphatic heterocycles. The van der Waals surface area contributed by atoms with E-state index in [0.29, 0.717) is 17.9 Å². The van der Waals surface area contributed by atoms with Crippen LogP contribution in [0.2, 0.25) is 0 Å². The van der Waals surface area contributed by atoms with E-state index in [2.05, 4.69) is 26.1 Å². The van der Waals surface area contributed by atoms with Crippen molar-refractivity contribution in [2.75, 3.05) is 12.4 Å². The zero-order valence-electron chi connectivity index (χ0n) is 17.4. The van der Waals surface area contributed by atoms with Crippen LogP contribution in [0.25, 0.3) is 5.65 Å². The van der Waals surface area contributed by atoms with Gasteiger partial charge in [0.25, 0.3) is 0 Å². The number of ether oxygens (including phenoxy) is 1. The number of anilines is 1. The molecule has 162 valence electrons. The van der Waals surface area contributed by atoms with Gasteiger partial charge in [0.1, 0.15) is 12.1 Å². The number of hydrogen-bond donors (Lipinski definition) is 3. The number of pyridine rings is 1. The van der Waals surface area contributed by atoms with Crippen molar-refractivity contribution in [3.63, 3.8) is 0 Å². The Bertz CT molecular complexity index is 1040. The highest BCUT2D eigenvalue weighted by Crippen LogP contribution is 2.26. The van der Waals surface area contributed by atoms with Crippen molar-refractivity contribution in [3.8, 4) is 5.75 Å². The molecule has 9 nitrogen and oxygen atoms in total. The first-order valence-electron chi connectivity index (χ1n) is 10.4. The summed E-state index contributed by atoms with van der Waals surface area (Å²) in [5.41, 5.74) is 2.40. The van der Waals surface area contributed by atoms with Gasteiger partial charge in [-0.2, -0.15) is 0 Å². The molecular formula is C22H26N6O3. The zero-order chi connectivity index (χ0) is 21.6. The molecule has 0 unspecified atom stereocenters. The Kier molecular flexibility index (Phi) is 6.30. The standard InChI is InChI=1S/C22H26N6O3/c1-31-19-8-2-15(3-9-19)13-23-22(30)26-17-6-4-16(5-7-17)21(29)25-18-10-11-28-14-24-27-20(28)12-18/h2-3,8-12,14,16-17H,4-7,13H2,1H3,(H,25,29)(H2,23,26,30). The fourth-order valence-corrected chi connectivity index (χ4v) is 3.80. The maximum atomic E-state index is 12.6. The van der Waals surface area contributed by atoms with Crippen molar-refractivity contribution in [3.05, 3.63) is 54.5 Å². The smallest absolute Gasteiger partial charge is 0.315 e. The summed E-state index contributed by atoms with van der Waals surface area (Å²) in [5.74, 6) is 0.730. The third kappa shape index (κ3) is 5.30. The molecule has 0 radical (unpaired) electrons. The summed E-state index contributed by atoms with van der Waals surface area (Å²) >= 11 is 0. The van der Waals surface area contributed by atoms with Crippen molar-refractivity contribution in [1.29, 1.82) is 0 Å². The number of methoxy groups -OCH3 is 1. The van der Waals surface area contributed by atoms with Crippen LogP contribution in [-0.4, -0.2) is 39.7 Å². The molecule has 31 heavy (non-hydrogen) atoms. The van der Waals surface area contributed by atoms with Gasteiger partial charge in [0.05, 0.1) is 7.11 Å². The lowest BCUT2D eigenvalue weighted by Gasteiger charge is -2.28. The lowest BCUT2D eigenvalue weighted by Crippen LogP contribution is -2.44. The molecule has 3 aromatic rings. The summed E-state index contributed by atoms with van der Waals surface area (Å²) in [4.78, 5) is 24.8. The summed E-state index contributed by atoms with van der Waals surface area (Å²) < 4.78 is 6.92. The number of nitrogens with zero attached hydrogens (tertiary/aromatic N) is 3. The molecule has 1 saturated carbocycles. The number of urea groups is 1. The molecule has 1 aromatic carbocycles. The Morgan fingerprint density at radius 1 is 1.13 bits per heavy atom. The van der Waals surface area contributed by atoms with Crippen LogP contribution in [0.3, 0.4) is 0 Å². The third-order valence-electron chi connectivity index (χ3n) is 5.61. The molecule has 2 aromatic heterocycles. The summed E-state index contributed by atoms with van der Waals surface area (Å²) in [7, 11) is 1.62. The van der Waals surface area contributed by atoms with Gasteiger partial charge < -0.3 is 20.7 Å². The minimum atomic E-state index is -0.190. The Morgan fingerprint density at radius 3 is 2.65 bits per heavy atom. The second-order valence-corrected chi connectivity index (χ2v) is 7.72. The van der Waals surface area contributed by atoms with Crippen LogP contribution in [0.15, 0.2) is 48.9 Å². The van der Waals surface area contributed by atoms with Crippen LogP contribution in [0.4, 0.5) is 10.5 Å². The molecule has 1 aliphatic carbocycles. The average molecular weight is 422 g/mol. The van der Waals surface area contributed by atoms with Gasteiger partial charge in [-0.25, -0.2) is 4.79 Å². The second kappa shape index (κ2) is 9.46. The number of hydrogen-bond acceptors (Lipinski definition) is 5. The van der Waals surface area contributed by atoms with E-state index in [0.717, 1.165) is 37.0 Å². The second-order valence-electron chi connectivity index (χ2n) is 7.72. The number of benzene rings is 1. The van der Waals surface area contributed by atoms with E-state index in [4.69, 9.17) is 4.74 Å². The molecule has 9 heteroatoms. The van der Waals surface area contributed by atoms with E-state index in [9.17, 15) is 9.59 Å². The lowest BCUT2D eigenvalue weighted by atomic mass is 9.85. The van der Waals surface area contributed by atoms with Crippen molar-refractivity contribution in [1.82, 2.24) is 25.2 Å². The van der Waals surface area contributed by atoms with E-state index in [1.807, 2.05) is 36.5 Å². The Morgan fingerprint density at radius 2 is 1.90 bits per heavy atom. The van der Waals surface area contributed by atoms with Gasteiger partial charge in [0.15, 0.2) is 5.65 Å². The predicted octanol–water partition coefficient (Wildman–Crippen LogP) is 2.73. The van der Waals surface area contributed by atoms with Crippen molar-refractivity contribution >= 4 is 23.3 Å². The fraction of sp³-hybridized carbons (Fsp3) is 0.364. The molecule has 0 spiro atoms. The highest BCUT2D eigenvalue weighted by molar-refractivity contribution is 5.93. The van der Waals surface area contributed by atoms with Crippen LogP contribution < -0.4 is 20.7 Å². The van der Waals surface area contributed by atoms with E-state index in [1.54, 1.807) is 23.9 Å². The molecule has 3 N–H and O–H groups in total. The van der Waals surface area contributed by atoms with Crippen LogP contribution in [-0.2, 0) is 11.3 Å². The number of rotatable bonds is 6. The number of carbonyl (C=O) groups is 2. The summed E-state index contributed by atoms with van der Waals surface area (Å²) in [5, 5.41) is 16.7. The lowest BCUT2D eigenvalue weighted by molar-refractivity contribution is -0.120. The Balaban J connectivity index is 1.19. The van der Waals surface area contributed by atoms with Gasteiger partial charge in [0, 0.05) is 36.5 Å². The SMILES string of the molecule is COc1ccc(CNC(=O)NC2CCC(C(=O)Nc3ccn4cnnc4c3)CC2)cc1. The summed E-state index contributed by atoms with van der Waals surface area (Å²) in [6, 6.07) is 11.1. The molecule has 1 aliphatic rings. The first-order valence-corrected chi connectivity index (χ1v) is 10.4. The monoisotopic (exact) mass is 422 g/mol. The maximum Gasteiger partial charge on any atom is 0.315 e. The number of fused-ring (bicyclic) bond motifs is 1. The van der Waals surface area contributed by atoms with E-state index < -0.39 is 0 Å². The molecule has 3 amide bonds. The van der Waals surface area contributed by atoms with Gasteiger partial charge in [0.2, 0.25) is 5.91 Å². The van der Waals surface area contributed by atoms with Crippen molar-refractivity contribution in [2.45, 2.75) is 38.3 Å². The van der Waals surface area contributed by atoms with Crippen LogP contribution >= 0.6 is 0 Å². The van der Waals surface area contributed by atoms with E-state index in [-0.39, 0.29) is 23.9 Å².